The lowest BCUT2D eigenvalue weighted by Crippen LogP contribution is -2.11. The van der Waals surface area contributed by atoms with Crippen LogP contribution in [0.5, 0.6) is 0 Å². The summed E-state index contributed by atoms with van der Waals surface area (Å²) in [6, 6.07) is 87.3. The van der Waals surface area contributed by atoms with Crippen LogP contribution in [0.15, 0.2) is 243 Å². The Balaban J connectivity index is 0.980. The van der Waals surface area contributed by atoms with Gasteiger partial charge in [0.05, 0.1) is 16.7 Å². The van der Waals surface area contributed by atoms with Crippen LogP contribution in [-0.4, -0.2) is 4.57 Å². The van der Waals surface area contributed by atoms with Crippen molar-refractivity contribution in [2.75, 3.05) is 4.90 Å². The van der Waals surface area contributed by atoms with E-state index in [1.165, 1.54) is 93.1 Å². The van der Waals surface area contributed by atoms with Crippen LogP contribution in [0.25, 0.3) is 88.1 Å². The molecule has 13 rings (SSSR count). The molecule has 1 heterocycles. The number of hydrogen-bond donors (Lipinski definition) is 0. The Morgan fingerprint density at radius 1 is 0.424 bits per heavy atom. The van der Waals surface area contributed by atoms with E-state index < -0.39 is 0 Å². The van der Waals surface area contributed by atoms with E-state index in [9.17, 15) is 0 Å². The fraction of sp³-hybridized carbons (Fsp3) is 0.0312. The predicted octanol–water partition coefficient (Wildman–Crippen LogP) is 17.6. The Morgan fingerprint density at radius 2 is 1.06 bits per heavy atom. The fourth-order valence-electron chi connectivity index (χ4n) is 10.8. The minimum Gasteiger partial charge on any atom is -0.310 e. The lowest BCUT2D eigenvalue weighted by Gasteiger charge is -2.28. The number of rotatable bonds is 7. The smallest absolute Gasteiger partial charge is 0.0625 e. The van der Waals surface area contributed by atoms with Crippen molar-refractivity contribution in [3.63, 3.8) is 0 Å². The molecule has 1 aromatic heterocycles. The van der Waals surface area contributed by atoms with Crippen molar-refractivity contribution in [2.24, 2.45) is 0 Å². The third-order valence-electron chi connectivity index (χ3n) is 13.9. The average Bonchev–Trinajstić information content (AvgIpc) is 3.75. The van der Waals surface area contributed by atoms with Gasteiger partial charge in [-0.15, -0.1) is 0 Å². The van der Waals surface area contributed by atoms with Crippen molar-refractivity contribution in [3.05, 3.63) is 259 Å². The molecule has 0 N–H and O–H groups in total. The number of fused-ring (bicyclic) bond motifs is 9. The second kappa shape index (κ2) is 15.7. The molecule has 0 saturated carbocycles. The van der Waals surface area contributed by atoms with Crippen molar-refractivity contribution in [3.8, 4) is 27.9 Å². The summed E-state index contributed by atoms with van der Waals surface area (Å²) in [6.07, 6.45) is 5.59. The number of para-hydroxylation sites is 2. The monoisotopic (exact) mass is 840 g/mol. The molecule has 1 aliphatic carbocycles. The largest absolute Gasteiger partial charge is 0.310 e. The molecular formula is C64H44N2. The molecule has 0 amide bonds. The van der Waals surface area contributed by atoms with E-state index in [0.717, 1.165) is 29.2 Å². The molecule has 0 bridgehead atoms. The number of nitrogens with zero attached hydrogens (tertiary/aromatic N) is 2. The molecule has 1 aliphatic rings. The molecule has 1 atom stereocenters. The van der Waals surface area contributed by atoms with E-state index in [0.29, 0.717) is 5.92 Å². The molecule has 1 unspecified atom stereocenters. The minimum atomic E-state index is 0.372. The first-order chi connectivity index (χ1) is 32.7. The van der Waals surface area contributed by atoms with E-state index in [1.54, 1.807) is 0 Å². The molecule has 310 valence electrons. The van der Waals surface area contributed by atoms with Crippen LogP contribution in [0.2, 0.25) is 0 Å². The summed E-state index contributed by atoms with van der Waals surface area (Å²) in [7, 11) is 0. The number of hydrogen-bond acceptors (Lipinski definition) is 1. The van der Waals surface area contributed by atoms with Gasteiger partial charge >= 0.3 is 0 Å². The maximum absolute atomic E-state index is 2.46. The molecule has 0 spiro atoms. The van der Waals surface area contributed by atoms with Gasteiger partial charge in [-0.05, 0) is 122 Å². The number of anilines is 3. The molecule has 12 aromatic rings. The molecule has 0 fully saturated rings. The van der Waals surface area contributed by atoms with E-state index in [4.69, 9.17) is 0 Å². The van der Waals surface area contributed by atoms with Gasteiger partial charge in [0.2, 0.25) is 0 Å². The van der Waals surface area contributed by atoms with Gasteiger partial charge in [-0.1, -0.05) is 194 Å². The topological polar surface area (TPSA) is 8.17 Å². The Bertz CT molecular complexity index is 3840. The standard InChI is InChI=1S/C64H44N2/c1-2-21-50(22-3-1)66-61-31-13-12-29-59(61)63-60(41-48-17-6-9-26-56(48)64(63)66)47-20-14-23-52(40-47)65(62-42-49-18-5-8-25-55(49)57-27-10-11-28-58(57)62)51-38-36-44(37-39-51)43-32-34-46(35-33-43)54-30-15-19-45-16-4-7-24-53(45)54/h1-29,31-42,54H,30H2. The highest BCUT2D eigenvalue weighted by Gasteiger charge is 2.23. The van der Waals surface area contributed by atoms with Gasteiger partial charge < -0.3 is 9.47 Å². The number of benzene rings is 11. The predicted molar refractivity (Wildman–Crippen MR) is 281 cm³/mol. The zero-order valence-electron chi connectivity index (χ0n) is 36.4. The van der Waals surface area contributed by atoms with Gasteiger partial charge in [0, 0.05) is 44.5 Å². The van der Waals surface area contributed by atoms with Crippen LogP contribution < -0.4 is 4.90 Å². The Kier molecular flexibility index (Phi) is 9.02. The molecule has 2 nitrogen and oxygen atoms in total. The maximum Gasteiger partial charge on any atom is 0.0625 e. The lowest BCUT2D eigenvalue weighted by molar-refractivity contribution is 0.819. The van der Waals surface area contributed by atoms with Gasteiger partial charge in [-0.3, -0.25) is 0 Å². The van der Waals surface area contributed by atoms with Crippen molar-refractivity contribution in [1.29, 1.82) is 0 Å². The maximum atomic E-state index is 2.46. The summed E-state index contributed by atoms with van der Waals surface area (Å²) in [6.45, 7) is 0. The van der Waals surface area contributed by atoms with Gasteiger partial charge in [0.15, 0.2) is 0 Å². The van der Waals surface area contributed by atoms with E-state index in [2.05, 4.69) is 258 Å². The van der Waals surface area contributed by atoms with Crippen molar-refractivity contribution < 1.29 is 0 Å². The summed E-state index contributed by atoms with van der Waals surface area (Å²) in [4.78, 5) is 2.46. The second-order valence-electron chi connectivity index (χ2n) is 17.6. The highest BCUT2D eigenvalue weighted by atomic mass is 15.1. The van der Waals surface area contributed by atoms with Gasteiger partial charge in [0.25, 0.3) is 0 Å². The molecule has 66 heavy (non-hydrogen) atoms. The molecule has 11 aromatic carbocycles. The fourth-order valence-corrected chi connectivity index (χ4v) is 10.8. The van der Waals surface area contributed by atoms with Crippen LogP contribution in [-0.2, 0) is 0 Å². The molecule has 2 heteroatoms. The zero-order valence-corrected chi connectivity index (χ0v) is 36.4. The van der Waals surface area contributed by atoms with Gasteiger partial charge in [-0.25, -0.2) is 0 Å². The molecule has 0 saturated heterocycles. The van der Waals surface area contributed by atoms with Gasteiger partial charge in [-0.2, -0.15) is 0 Å². The van der Waals surface area contributed by atoms with Gasteiger partial charge in [0.1, 0.15) is 0 Å². The first-order valence-electron chi connectivity index (χ1n) is 23.0. The molecule has 0 aliphatic heterocycles. The summed E-state index contributed by atoms with van der Waals surface area (Å²) >= 11 is 0. The Morgan fingerprint density at radius 3 is 1.86 bits per heavy atom. The summed E-state index contributed by atoms with van der Waals surface area (Å²) in [5.41, 5.74) is 15.8. The molecular weight excluding hydrogens is 797 g/mol. The summed E-state index contributed by atoms with van der Waals surface area (Å²) in [5.74, 6) is 0.372. The van der Waals surface area contributed by atoms with E-state index >= 15 is 0 Å². The third-order valence-corrected chi connectivity index (χ3v) is 13.9. The third kappa shape index (κ3) is 6.25. The van der Waals surface area contributed by atoms with Crippen LogP contribution in [0, 0.1) is 0 Å². The van der Waals surface area contributed by atoms with E-state index in [-0.39, 0.29) is 0 Å². The number of aromatic nitrogens is 1. The zero-order chi connectivity index (χ0) is 43.6. The van der Waals surface area contributed by atoms with Crippen molar-refractivity contribution >= 4 is 77.3 Å². The van der Waals surface area contributed by atoms with Crippen LogP contribution in [0.4, 0.5) is 17.1 Å². The highest BCUT2D eigenvalue weighted by molar-refractivity contribution is 6.24. The Hall–Kier alpha value is -8.46. The quantitative estimate of drug-likeness (QED) is 0.145. The average molecular weight is 841 g/mol. The van der Waals surface area contributed by atoms with Crippen LogP contribution in [0.3, 0.4) is 0 Å². The first-order valence-corrected chi connectivity index (χ1v) is 23.0. The Labute approximate surface area is 384 Å². The van der Waals surface area contributed by atoms with Crippen LogP contribution in [0.1, 0.15) is 29.0 Å². The van der Waals surface area contributed by atoms with E-state index in [1.807, 2.05) is 0 Å². The summed E-state index contributed by atoms with van der Waals surface area (Å²) in [5, 5.41) is 9.87. The number of allylic oxidation sites excluding steroid dienone is 1. The normalized spacial score (nSPS) is 13.5. The van der Waals surface area contributed by atoms with Crippen molar-refractivity contribution in [2.45, 2.75) is 12.3 Å². The summed E-state index contributed by atoms with van der Waals surface area (Å²) < 4.78 is 2.45. The SMILES string of the molecule is C1=Cc2ccccc2C(c2ccc(-c3ccc(N(c4cccc(-c5cc6ccccc6c6c5c5ccccc5n6-c5ccccc5)c4)c4cc5ccccc5c5ccccc45)cc3)cc2)C1. The van der Waals surface area contributed by atoms with Crippen LogP contribution >= 0.6 is 0 Å². The van der Waals surface area contributed by atoms with Crippen molar-refractivity contribution in [1.82, 2.24) is 4.57 Å². The molecule has 0 radical (unpaired) electrons. The highest BCUT2D eigenvalue weighted by Crippen LogP contribution is 2.47. The minimum absolute atomic E-state index is 0.372. The lowest BCUT2D eigenvalue weighted by atomic mass is 9.82. The first kappa shape index (κ1) is 38.0. The second-order valence-corrected chi connectivity index (χ2v) is 17.6.